The standard InChI is InChI=1S/C37H40BNO2/c1-20-13-21(2)32(22(3)14-20)28-18-31-33-34(39-28)41-30-17-25-24(36(7,8)19-37(25,9)10)16-27(30)38(33)26-15-23(35(4,5)6)11-12-29(26)40-31/h11-18H,19H2,1-10H3. The third-order valence-corrected chi connectivity index (χ3v) is 9.62. The van der Waals surface area contributed by atoms with Crippen molar-refractivity contribution in [1.29, 1.82) is 0 Å². The largest absolute Gasteiger partial charge is 0.458 e. The monoisotopic (exact) mass is 541 g/mol. The first-order valence-corrected chi connectivity index (χ1v) is 15.0. The van der Waals surface area contributed by atoms with Gasteiger partial charge in [0.25, 0.3) is 6.71 Å². The van der Waals surface area contributed by atoms with Crippen LogP contribution in [0.3, 0.4) is 0 Å². The van der Waals surface area contributed by atoms with Crippen LogP contribution in [0.5, 0.6) is 23.1 Å². The molecule has 0 saturated carbocycles. The van der Waals surface area contributed by atoms with Crippen molar-refractivity contribution in [3.8, 4) is 34.4 Å². The Morgan fingerprint density at radius 3 is 2.02 bits per heavy atom. The van der Waals surface area contributed by atoms with Crippen LogP contribution in [0.15, 0.2) is 48.5 Å². The van der Waals surface area contributed by atoms with Gasteiger partial charge in [0, 0.05) is 17.1 Å². The van der Waals surface area contributed by atoms with E-state index in [0.717, 1.165) is 40.4 Å². The Labute approximate surface area is 245 Å². The highest BCUT2D eigenvalue weighted by atomic mass is 16.5. The third-order valence-electron chi connectivity index (χ3n) is 9.62. The van der Waals surface area contributed by atoms with Gasteiger partial charge in [0.2, 0.25) is 5.88 Å². The smallest absolute Gasteiger partial charge is 0.262 e. The van der Waals surface area contributed by atoms with Gasteiger partial charge in [0.05, 0.1) is 5.69 Å². The van der Waals surface area contributed by atoms with E-state index in [9.17, 15) is 0 Å². The molecule has 0 unspecified atom stereocenters. The lowest BCUT2D eigenvalue weighted by molar-refractivity contribution is 0.402. The van der Waals surface area contributed by atoms with Crippen LogP contribution in [0, 0.1) is 20.8 Å². The molecule has 208 valence electrons. The Bertz CT molecular complexity index is 1770. The summed E-state index contributed by atoms with van der Waals surface area (Å²) in [5.74, 6) is 3.35. The zero-order valence-electron chi connectivity index (χ0n) is 26.2. The van der Waals surface area contributed by atoms with Gasteiger partial charge in [-0.05, 0) is 94.3 Å². The molecule has 0 N–H and O–H groups in total. The van der Waals surface area contributed by atoms with E-state index >= 15 is 0 Å². The van der Waals surface area contributed by atoms with E-state index in [2.05, 4.69) is 118 Å². The van der Waals surface area contributed by atoms with Gasteiger partial charge in [0.1, 0.15) is 17.2 Å². The molecule has 0 radical (unpaired) electrons. The fourth-order valence-corrected chi connectivity index (χ4v) is 8.01. The van der Waals surface area contributed by atoms with Gasteiger partial charge in [-0.2, -0.15) is 0 Å². The van der Waals surface area contributed by atoms with Crippen molar-refractivity contribution < 1.29 is 9.47 Å². The maximum absolute atomic E-state index is 6.80. The molecule has 0 atom stereocenters. The molecule has 2 aliphatic heterocycles. The molecule has 4 aromatic rings. The molecule has 0 saturated heterocycles. The number of pyridine rings is 1. The van der Waals surface area contributed by atoms with Gasteiger partial charge in [-0.1, -0.05) is 84.4 Å². The number of nitrogens with zero attached hydrogens (tertiary/aromatic N) is 1. The first kappa shape index (κ1) is 26.4. The Balaban J connectivity index is 1.51. The molecule has 41 heavy (non-hydrogen) atoms. The Morgan fingerprint density at radius 1 is 0.732 bits per heavy atom. The maximum Gasteiger partial charge on any atom is 0.262 e. The summed E-state index contributed by atoms with van der Waals surface area (Å²) in [5, 5.41) is 0. The first-order valence-electron chi connectivity index (χ1n) is 15.0. The van der Waals surface area contributed by atoms with Crippen molar-refractivity contribution >= 4 is 23.1 Å². The van der Waals surface area contributed by atoms with Crippen molar-refractivity contribution in [2.75, 3.05) is 0 Å². The molecule has 0 amide bonds. The second-order valence-electron chi connectivity index (χ2n) is 15.0. The summed E-state index contributed by atoms with van der Waals surface area (Å²) in [6, 6.07) is 18.1. The van der Waals surface area contributed by atoms with Gasteiger partial charge >= 0.3 is 0 Å². The summed E-state index contributed by atoms with van der Waals surface area (Å²) in [7, 11) is 0. The molecule has 1 aliphatic carbocycles. The fourth-order valence-electron chi connectivity index (χ4n) is 8.01. The van der Waals surface area contributed by atoms with Gasteiger partial charge in [0.15, 0.2) is 0 Å². The van der Waals surface area contributed by atoms with E-state index in [-0.39, 0.29) is 23.0 Å². The number of hydrogen-bond donors (Lipinski definition) is 0. The highest BCUT2D eigenvalue weighted by Crippen LogP contribution is 2.51. The highest BCUT2D eigenvalue weighted by Gasteiger charge is 2.47. The zero-order chi connectivity index (χ0) is 29.2. The number of ether oxygens (including phenoxy) is 2. The molecule has 0 bridgehead atoms. The minimum atomic E-state index is 0.00127. The molecule has 3 nitrogen and oxygen atoms in total. The molecular weight excluding hydrogens is 501 g/mol. The van der Waals surface area contributed by atoms with Crippen molar-refractivity contribution in [2.24, 2.45) is 0 Å². The Hall–Kier alpha value is -3.53. The van der Waals surface area contributed by atoms with E-state index in [4.69, 9.17) is 14.5 Å². The topological polar surface area (TPSA) is 31.4 Å². The SMILES string of the molecule is Cc1cc(C)c(-c2cc3c4c(n2)Oc2cc5c(cc2B4c2cc(C(C)(C)C)ccc2O3)C(C)(C)CC5(C)C)c(C)c1. The highest BCUT2D eigenvalue weighted by molar-refractivity contribution is 6.98. The Morgan fingerprint density at radius 2 is 1.37 bits per heavy atom. The summed E-state index contributed by atoms with van der Waals surface area (Å²) in [5.41, 5.74) is 13.5. The van der Waals surface area contributed by atoms with E-state index in [0.29, 0.717) is 5.88 Å². The molecule has 1 aromatic heterocycles. The molecular formula is C37H40BNO2. The second kappa shape index (κ2) is 8.28. The number of aryl methyl sites for hydroxylation is 3. The maximum atomic E-state index is 6.80. The summed E-state index contributed by atoms with van der Waals surface area (Å²) in [6.45, 7) is 22.8. The normalized spacial score (nSPS) is 17.2. The lowest BCUT2D eigenvalue weighted by atomic mass is 9.34. The van der Waals surface area contributed by atoms with Crippen LogP contribution in [0.25, 0.3) is 11.3 Å². The lowest BCUT2D eigenvalue weighted by Crippen LogP contribution is -2.58. The van der Waals surface area contributed by atoms with Gasteiger partial charge < -0.3 is 9.47 Å². The van der Waals surface area contributed by atoms with Gasteiger partial charge in [-0.15, -0.1) is 0 Å². The van der Waals surface area contributed by atoms with Crippen molar-refractivity contribution in [1.82, 2.24) is 4.98 Å². The summed E-state index contributed by atoms with van der Waals surface area (Å²) < 4.78 is 13.5. The predicted octanol–water partition coefficient (Wildman–Crippen LogP) is 7.66. The van der Waals surface area contributed by atoms with Crippen LogP contribution < -0.4 is 25.9 Å². The molecule has 7 rings (SSSR count). The minimum Gasteiger partial charge on any atom is -0.458 e. The van der Waals surface area contributed by atoms with Crippen molar-refractivity contribution in [2.45, 2.75) is 91.9 Å². The quantitative estimate of drug-likeness (QED) is 0.200. The van der Waals surface area contributed by atoms with Gasteiger partial charge in [-0.3, -0.25) is 0 Å². The summed E-state index contributed by atoms with van der Waals surface area (Å²) in [6.07, 6.45) is 1.11. The summed E-state index contributed by atoms with van der Waals surface area (Å²) in [4.78, 5) is 5.23. The van der Waals surface area contributed by atoms with Crippen molar-refractivity contribution in [3.05, 3.63) is 81.9 Å². The van der Waals surface area contributed by atoms with E-state index < -0.39 is 0 Å². The average molecular weight is 542 g/mol. The van der Waals surface area contributed by atoms with E-state index in [1.807, 2.05) is 0 Å². The lowest BCUT2D eigenvalue weighted by Gasteiger charge is -2.35. The number of benzene rings is 3. The van der Waals surface area contributed by atoms with Crippen LogP contribution in [0.1, 0.15) is 88.3 Å². The van der Waals surface area contributed by atoms with E-state index in [1.165, 1.54) is 44.3 Å². The average Bonchev–Trinajstić information content (AvgIpc) is 3.03. The van der Waals surface area contributed by atoms with Crippen LogP contribution >= 0.6 is 0 Å². The molecule has 4 heteroatoms. The number of hydrogen-bond acceptors (Lipinski definition) is 3. The predicted molar refractivity (Wildman–Crippen MR) is 171 cm³/mol. The third kappa shape index (κ3) is 3.90. The van der Waals surface area contributed by atoms with Crippen LogP contribution in [-0.2, 0) is 16.2 Å². The number of fused-ring (bicyclic) bond motifs is 5. The van der Waals surface area contributed by atoms with Crippen LogP contribution in [0.4, 0.5) is 0 Å². The van der Waals surface area contributed by atoms with Crippen LogP contribution in [0.2, 0.25) is 0 Å². The van der Waals surface area contributed by atoms with Gasteiger partial charge in [-0.25, -0.2) is 4.98 Å². The summed E-state index contributed by atoms with van der Waals surface area (Å²) >= 11 is 0. The number of rotatable bonds is 1. The first-order chi connectivity index (χ1) is 19.1. The number of aromatic nitrogens is 1. The van der Waals surface area contributed by atoms with Crippen molar-refractivity contribution in [3.63, 3.8) is 0 Å². The van der Waals surface area contributed by atoms with Crippen LogP contribution in [-0.4, -0.2) is 11.7 Å². The molecule has 3 aliphatic rings. The molecule has 0 spiro atoms. The molecule has 3 heterocycles. The molecule has 0 fully saturated rings. The molecule has 3 aromatic carbocycles. The Kier molecular flexibility index (Phi) is 5.32. The minimum absolute atomic E-state index is 0.00127. The fraction of sp³-hybridized carbons (Fsp3) is 0.378. The van der Waals surface area contributed by atoms with E-state index in [1.54, 1.807) is 0 Å². The second-order valence-corrected chi connectivity index (χ2v) is 15.0. The zero-order valence-corrected chi connectivity index (χ0v) is 26.2.